The summed E-state index contributed by atoms with van der Waals surface area (Å²) in [5.41, 5.74) is 3.00. The lowest BCUT2D eigenvalue weighted by Gasteiger charge is -2.18. The van der Waals surface area contributed by atoms with E-state index in [9.17, 15) is 9.90 Å². The first-order valence-electron chi connectivity index (χ1n) is 8.23. The van der Waals surface area contributed by atoms with Crippen LogP contribution >= 0.6 is 0 Å². The Balaban J connectivity index is 1.75. The number of benzene rings is 1. The second kappa shape index (κ2) is 7.03. The van der Waals surface area contributed by atoms with E-state index >= 15 is 0 Å². The molecule has 2 N–H and O–H groups in total. The highest BCUT2D eigenvalue weighted by atomic mass is 16.5. The lowest BCUT2D eigenvalue weighted by atomic mass is 10.0. The maximum atomic E-state index is 12.7. The van der Waals surface area contributed by atoms with Gasteiger partial charge in [-0.3, -0.25) is 4.79 Å². The van der Waals surface area contributed by atoms with E-state index in [1.165, 1.54) is 0 Å². The van der Waals surface area contributed by atoms with Crippen molar-refractivity contribution in [2.75, 3.05) is 0 Å². The molecule has 2 heterocycles. The van der Waals surface area contributed by atoms with Crippen molar-refractivity contribution in [3.8, 4) is 0 Å². The van der Waals surface area contributed by atoms with Gasteiger partial charge >= 0.3 is 0 Å². The highest BCUT2D eigenvalue weighted by Crippen LogP contribution is 2.23. The Morgan fingerprint density at radius 1 is 1.28 bits per heavy atom. The summed E-state index contributed by atoms with van der Waals surface area (Å²) < 4.78 is 5.17. The van der Waals surface area contributed by atoms with E-state index in [2.05, 4.69) is 15.5 Å². The summed E-state index contributed by atoms with van der Waals surface area (Å²) in [6.45, 7) is 5.45. The molecule has 0 bridgehead atoms. The van der Waals surface area contributed by atoms with Crippen LogP contribution in [0, 0.1) is 13.8 Å². The molecule has 2 atom stereocenters. The second-order valence-electron chi connectivity index (χ2n) is 6.30. The van der Waals surface area contributed by atoms with E-state index in [4.69, 9.17) is 4.52 Å². The normalized spacial score (nSPS) is 13.6. The standard InChI is InChI=1S/C19H21N3O3/c1-11-9-15(17-13(3)22-25-19(17)21-11)18(24)20-12(2)10-16(23)14-7-5-4-6-8-14/h4-9,12,16,23H,10H2,1-3H3,(H,20,24). The van der Waals surface area contributed by atoms with Crippen molar-refractivity contribution in [1.82, 2.24) is 15.5 Å². The molecule has 6 nitrogen and oxygen atoms in total. The van der Waals surface area contributed by atoms with E-state index < -0.39 is 6.10 Å². The number of aliphatic hydroxyl groups excluding tert-OH is 1. The fourth-order valence-electron chi connectivity index (χ4n) is 2.90. The van der Waals surface area contributed by atoms with Crippen molar-refractivity contribution in [3.05, 3.63) is 58.9 Å². The average Bonchev–Trinajstić information content (AvgIpc) is 2.95. The molecule has 0 aliphatic heterocycles. The van der Waals surface area contributed by atoms with Crippen molar-refractivity contribution in [3.63, 3.8) is 0 Å². The first-order valence-corrected chi connectivity index (χ1v) is 8.23. The van der Waals surface area contributed by atoms with E-state index in [0.717, 1.165) is 5.56 Å². The van der Waals surface area contributed by atoms with Gasteiger partial charge in [0.05, 0.1) is 22.7 Å². The van der Waals surface area contributed by atoms with Crippen LogP contribution in [0.1, 0.15) is 46.8 Å². The maximum Gasteiger partial charge on any atom is 0.258 e. The first-order chi connectivity index (χ1) is 12.0. The number of carbonyl (C=O) groups excluding carboxylic acids is 1. The fourth-order valence-corrected chi connectivity index (χ4v) is 2.90. The quantitative estimate of drug-likeness (QED) is 0.746. The van der Waals surface area contributed by atoms with E-state index in [0.29, 0.717) is 34.5 Å². The molecular formula is C19H21N3O3. The van der Waals surface area contributed by atoms with Crippen LogP contribution in [0.2, 0.25) is 0 Å². The highest BCUT2D eigenvalue weighted by Gasteiger charge is 2.20. The van der Waals surface area contributed by atoms with Gasteiger partial charge in [0.1, 0.15) is 0 Å². The number of nitrogens with one attached hydrogen (secondary N) is 1. The predicted molar refractivity (Wildman–Crippen MR) is 94.2 cm³/mol. The Labute approximate surface area is 145 Å². The number of amides is 1. The van der Waals surface area contributed by atoms with E-state index in [-0.39, 0.29) is 11.9 Å². The maximum absolute atomic E-state index is 12.7. The number of hydrogen-bond donors (Lipinski definition) is 2. The number of hydrogen-bond acceptors (Lipinski definition) is 5. The Morgan fingerprint density at radius 2 is 2.00 bits per heavy atom. The van der Waals surface area contributed by atoms with Crippen LogP contribution in [0.4, 0.5) is 0 Å². The predicted octanol–water partition coefficient (Wildman–Crippen LogP) is 3.08. The Kier molecular flexibility index (Phi) is 4.81. The third-order valence-corrected chi connectivity index (χ3v) is 4.13. The van der Waals surface area contributed by atoms with E-state index in [1.807, 2.05) is 37.3 Å². The molecule has 1 aromatic carbocycles. The molecule has 2 aromatic heterocycles. The zero-order valence-electron chi connectivity index (χ0n) is 14.5. The molecular weight excluding hydrogens is 318 g/mol. The molecule has 6 heteroatoms. The summed E-state index contributed by atoms with van der Waals surface area (Å²) in [6.07, 6.45) is -0.209. The molecule has 1 amide bonds. The number of fused-ring (bicyclic) bond motifs is 1. The summed E-state index contributed by atoms with van der Waals surface area (Å²) in [5, 5.41) is 17.8. The molecule has 3 rings (SSSR count). The van der Waals surface area contributed by atoms with Crippen molar-refractivity contribution < 1.29 is 14.4 Å². The van der Waals surface area contributed by atoms with Gasteiger partial charge in [-0.25, -0.2) is 4.98 Å². The monoisotopic (exact) mass is 339 g/mol. The molecule has 0 fully saturated rings. The summed E-state index contributed by atoms with van der Waals surface area (Å²) in [4.78, 5) is 17.0. The van der Waals surface area contributed by atoms with Gasteiger partial charge < -0.3 is 14.9 Å². The molecule has 3 aromatic rings. The highest BCUT2D eigenvalue weighted by molar-refractivity contribution is 6.06. The van der Waals surface area contributed by atoms with Crippen LogP contribution in [0.5, 0.6) is 0 Å². The van der Waals surface area contributed by atoms with Gasteiger partial charge in [-0.1, -0.05) is 35.5 Å². The lowest BCUT2D eigenvalue weighted by molar-refractivity contribution is 0.0918. The van der Waals surface area contributed by atoms with Crippen LogP contribution in [-0.2, 0) is 0 Å². The molecule has 0 spiro atoms. The summed E-state index contributed by atoms with van der Waals surface area (Å²) in [5.74, 6) is -0.227. The molecule has 130 valence electrons. The van der Waals surface area contributed by atoms with Crippen LogP contribution in [-0.4, -0.2) is 27.2 Å². The summed E-state index contributed by atoms with van der Waals surface area (Å²) in [7, 11) is 0. The van der Waals surface area contributed by atoms with Crippen molar-refractivity contribution >= 4 is 17.0 Å². The zero-order valence-corrected chi connectivity index (χ0v) is 14.5. The molecule has 0 aliphatic rings. The number of nitrogens with zero attached hydrogens (tertiary/aromatic N) is 2. The number of aryl methyl sites for hydroxylation is 2. The summed E-state index contributed by atoms with van der Waals surface area (Å²) >= 11 is 0. The number of aromatic nitrogens is 2. The van der Waals surface area contributed by atoms with Crippen molar-refractivity contribution in [2.24, 2.45) is 0 Å². The van der Waals surface area contributed by atoms with Crippen LogP contribution < -0.4 is 5.32 Å². The zero-order chi connectivity index (χ0) is 18.0. The average molecular weight is 339 g/mol. The molecule has 0 aliphatic carbocycles. The fraction of sp³-hybridized carbons (Fsp3) is 0.316. The van der Waals surface area contributed by atoms with Crippen LogP contribution in [0.3, 0.4) is 0 Å². The van der Waals surface area contributed by atoms with Gasteiger partial charge in [-0.2, -0.15) is 0 Å². The minimum atomic E-state index is -0.631. The Morgan fingerprint density at radius 3 is 2.72 bits per heavy atom. The van der Waals surface area contributed by atoms with Gasteiger partial charge in [-0.05, 0) is 38.8 Å². The van der Waals surface area contributed by atoms with Crippen molar-refractivity contribution in [1.29, 1.82) is 0 Å². The molecule has 0 saturated carbocycles. The van der Waals surface area contributed by atoms with Crippen LogP contribution in [0.25, 0.3) is 11.1 Å². The van der Waals surface area contributed by atoms with Gasteiger partial charge in [0, 0.05) is 11.7 Å². The second-order valence-corrected chi connectivity index (χ2v) is 6.30. The molecule has 0 radical (unpaired) electrons. The molecule has 2 unspecified atom stereocenters. The van der Waals surface area contributed by atoms with Gasteiger partial charge in [-0.15, -0.1) is 0 Å². The van der Waals surface area contributed by atoms with Gasteiger partial charge in [0.15, 0.2) is 0 Å². The first kappa shape index (κ1) is 17.1. The smallest absolute Gasteiger partial charge is 0.258 e. The van der Waals surface area contributed by atoms with Gasteiger partial charge in [0.25, 0.3) is 11.6 Å². The Hall–Kier alpha value is -2.73. The Bertz CT molecular complexity index is 890. The topological polar surface area (TPSA) is 88.2 Å². The third kappa shape index (κ3) is 3.69. The third-order valence-electron chi connectivity index (χ3n) is 4.13. The SMILES string of the molecule is Cc1cc(C(=O)NC(C)CC(O)c2ccccc2)c2c(C)noc2n1. The minimum Gasteiger partial charge on any atom is -0.388 e. The van der Waals surface area contributed by atoms with Crippen LogP contribution in [0.15, 0.2) is 40.9 Å². The lowest BCUT2D eigenvalue weighted by Crippen LogP contribution is -2.34. The summed E-state index contributed by atoms with van der Waals surface area (Å²) in [6, 6.07) is 10.9. The number of pyridine rings is 1. The number of rotatable bonds is 5. The molecule has 0 saturated heterocycles. The minimum absolute atomic E-state index is 0.202. The van der Waals surface area contributed by atoms with E-state index in [1.54, 1.807) is 19.9 Å². The largest absolute Gasteiger partial charge is 0.388 e. The van der Waals surface area contributed by atoms with Gasteiger partial charge in [0.2, 0.25) is 0 Å². The number of carbonyl (C=O) groups is 1. The van der Waals surface area contributed by atoms with Crippen molar-refractivity contribution in [2.45, 2.75) is 39.3 Å². The number of aliphatic hydroxyl groups is 1. The molecule has 25 heavy (non-hydrogen) atoms.